The van der Waals surface area contributed by atoms with Crippen LogP contribution in [0.5, 0.6) is 0 Å². The quantitative estimate of drug-likeness (QED) is 0.367. The largest absolute Gasteiger partial charge is 0.373 e. The first-order chi connectivity index (χ1) is 17.0. The van der Waals surface area contributed by atoms with Crippen molar-refractivity contribution in [3.8, 4) is 11.1 Å². The second kappa shape index (κ2) is 7.86. The van der Waals surface area contributed by atoms with E-state index in [9.17, 15) is 5.11 Å². The number of rotatable bonds is 5. The molecule has 8 nitrogen and oxygen atoms in total. The average molecular weight is 463 g/mol. The van der Waals surface area contributed by atoms with Crippen LogP contribution in [0.4, 0.5) is 0 Å². The molecule has 1 saturated carbocycles. The van der Waals surface area contributed by atoms with Crippen LogP contribution in [0.1, 0.15) is 46.6 Å². The molecule has 0 bridgehead atoms. The Morgan fingerprint density at radius 2 is 1.80 bits per heavy atom. The number of benzene rings is 1. The predicted octanol–water partition coefficient (Wildman–Crippen LogP) is 4.68. The van der Waals surface area contributed by atoms with Gasteiger partial charge in [-0.1, -0.05) is 17.3 Å². The van der Waals surface area contributed by atoms with Crippen LogP contribution >= 0.6 is 0 Å². The van der Waals surface area contributed by atoms with Crippen molar-refractivity contribution < 1.29 is 9.63 Å². The number of pyridine rings is 2. The zero-order valence-electron chi connectivity index (χ0n) is 19.2. The van der Waals surface area contributed by atoms with Crippen molar-refractivity contribution in [3.63, 3.8) is 0 Å². The van der Waals surface area contributed by atoms with Crippen LogP contribution in [0.25, 0.3) is 27.0 Å². The SMILES string of the molecule is [C-]#[N+]C1CC1c1nc2c(C(O)(c3ccccn3)c3ccccn3)cc(-c3c(C)noc3C)cc2[nH]1. The summed E-state index contributed by atoms with van der Waals surface area (Å²) in [5.41, 5.74) is 3.56. The van der Waals surface area contributed by atoms with E-state index in [1.165, 1.54) is 0 Å². The number of nitrogens with one attached hydrogen (secondary N) is 1. The van der Waals surface area contributed by atoms with Gasteiger partial charge in [0.15, 0.2) is 5.60 Å². The Bertz CT molecular complexity index is 1520. The third-order valence-electron chi connectivity index (χ3n) is 6.66. The molecule has 1 aromatic carbocycles. The highest BCUT2D eigenvalue weighted by Gasteiger charge is 2.48. The van der Waals surface area contributed by atoms with Gasteiger partial charge in [-0.05, 0) is 55.8 Å². The second-order valence-electron chi connectivity index (χ2n) is 8.92. The molecular weight excluding hydrogens is 440 g/mol. The van der Waals surface area contributed by atoms with Gasteiger partial charge in [0, 0.05) is 29.9 Å². The van der Waals surface area contributed by atoms with Crippen LogP contribution in [0.3, 0.4) is 0 Å². The number of hydrogen-bond acceptors (Lipinski definition) is 6. The van der Waals surface area contributed by atoms with E-state index in [4.69, 9.17) is 16.1 Å². The molecule has 2 unspecified atom stereocenters. The zero-order valence-corrected chi connectivity index (χ0v) is 19.2. The lowest BCUT2D eigenvalue weighted by molar-refractivity contribution is 0.117. The van der Waals surface area contributed by atoms with E-state index in [2.05, 4.69) is 25.0 Å². The fourth-order valence-electron chi connectivity index (χ4n) is 4.81. The van der Waals surface area contributed by atoms with Crippen LogP contribution in [0, 0.1) is 20.4 Å². The highest BCUT2D eigenvalue weighted by molar-refractivity contribution is 5.88. The minimum absolute atomic E-state index is 0.0630. The average Bonchev–Trinajstić information content (AvgIpc) is 3.45. The Hall–Kier alpha value is -4.35. The Morgan fingerprint density at radius 1 is 1.09 bits per heavy atom. The molecule has 4 aromatic heterocycles. The number of aromatic amines is 1. The first kappa shape index (κ1) is 21.2. The van der Waals surface area contributed by atoms with Crippen LogP contribution < -0.4 is 0 Å². The Balaban J connectivity index is 1.68. The fraction of sp³-hybridized carbons (Fsp3) is 0.222. The highest BCUT2D eigenvalue weighted by atomic mass is 16.5. The van der Waals surface area contributed by atoms with E-state index in [-0.39, 0.29) is 12.0 Å². The Labute approximate surface area is 201 Å². The summed E-state index contributed by atoms with van der Waals surface area (Å²) >= 11 is 0. The van der Waals surface area contributed by atoms with Gasteiger partial charge >= 0.3 is 0 Å². The molecular formula is C27H22N6O2. The number of hydrogen-bond donors (Lipinski definition) is 2. The summed E-state index contributed by atoms with van der Waals surface area (Å²) in [6.45, 7) is 11.1. The summed E-state index contributed by atoms with van der Waals surface area (Å²) in [6, 6.07) is 14.7. The van der Waals surface area contributed by atoms with Crippen molar-refractivity contribution in [1.29, 1.82) is 0 Å². The smallest absolute Gasteiger partial charge is 0.234 e. The normalized spacial score (nSPS) is 17.4. The van der Waals surface area contributed by atoms with Crippen molar-refractivity contribution in [1.82, 2.24) is 25.1 Å². The Kier molecular flexibility index (Phi) is 4.76. The highest BCUT2D eigenvalue weighted by Crippen LogP contribution is 2.45. The summed E-state index contributed by atoms with van der Waals surface area (Å²) in [6.07, 6.45) is 4.08. The molecule has 0 aliphatic heterocycles. The monoisotopic (exact) mass is 462 g/mol. The van der Waals surface area contributed by atoms with Gasteiger partial charge in [-0.2, -0.15) is 0 Å². The first-order valence-corrected chi connectivity index (χ1v) is 11.4. The minimum atomic E-state index is -1.68. The van der Waals surface area contributed by atoms with E-state index in [1.54, 1.807) is 24.5 Å². The number of H-pyrrole nitrogens is 1. The van der Waals surface area contributed by atoms with Crippen LogP contribution in [-0.2, 0) is 5.60 Å². The molecule has 172 valence electrons. The topological polar surface area (TPSA) is 105 Å². The molecule has 1 aliphatic rings. The van der Waals surface area contributed by atoms with Crippen molar-refractivity contribution in [2.24, 2.45) is 0 Å². The molecule has 0 saturated heterocycles. The fourth-order valence-corrected chi connectivity index (χ4v) is 4.81. The molecule has 2 N–H and O–H groups in total. The maximum Gasteiger partial charge on any atom is 0.234 e. The summed E-state index contributed by atoms with van der Waals surface area (Å²) in [5.74, 6) is 1.50. The van der Waals surface area contributed by atoms with Crippen LogP contribution in [-0.4, -0.2) is 36.2 Å². The molecule has 5 aromatic rings. The van der Waals surface area contributed by atoms with E-state index in [0.29, 0.717) is 28.2 Å². The van der Waals surface area contributed by atoms with Crippen molar-refractivity contribution in [3.05, 3.63) is 107 Å². The maximum absolute atomic E-state index is 12.5. The number of imidazole rings is 1. The molecule has 1 aliphatic carbocycles. The minimum Gasteiger partial charge on any atom is -0.373 e. The molecule has 6 rings (SSSR count). The first-order valence-electron chi connectivity index (χ1n) is 11.4. The summed E-state index contributed by atoms with van der Waals surface area (Å²) in [4.78, 5) is 21.0. The van der Waals surface area contributed by atoms with Gasteiger partial charge in [0.05, 0.1) is 34.0 Å². The molecule has 2 atom stereocenters. The number of fused-ring (bicyclic) bond motifs is 1. The predicted molar refractivity (Wildman–Crippen MR) is 129 cm³/mol. The van der Waals surface area contributed by atoms with Gasteiger partial charge in [-0.25, -0.2) is 11.6 Å². The van der Waals surface area contributed by atoms with Gasteiger partial charge in [-0.3, -0.25) is 9.97 Å². The number of aryl methyl sites for hydroxylation is 2. The van der Waals surface area contributed by atoms with Crippen LogP contribution in [0.15, 0.2) is 65.4 Å². The lowest BCUT2D eigenvalue weighted by atomic mass is 9.83. The number of aliphatic hydroxyl groups is 1. The van der Waals surface area contributed by atoms with Crippen molar-refractivity contribution in [2.45, 2.75) is 37.8 Å². The lowest BCUT2D eigenvalue weighted by Crippen LogP contribution is -2.31. The second-order valence-corrected chi connectivity index (χ2v) is 8.92. The van der Waals surface area contributed by atoms with Crippen molar-refractivity contribution >= 4 is 11.0 Å². The summed E-state index contributed by atoms with van der Waals surface area (Å²) < 4.78 is 5.44. The molecule has 1 fully saturated rings. The van der Waals surface area contributed by atoms with Gasteiger partial charge < -0.3 is 19.5 Å². The van der Waals surface area contributed by atoms with Gasteiger partial charge in [0.1, 0.15) is 11.6 Å². The molecule has 4 heterocycles. The number of aromatic nitrogens is 5. The third-order valence-corrected chi connectivity index (χ3v) is 6.66. The van der Waals surface area contributed by atoms with Crippen LogP contribution in [0.2, 0.25) is 0 Å². The van der Waals surface area contributed by atoms with E-state index < -0.39 is 5.60 Å². The van der Waals surface area contributed by atoms with E-state index in [1.807, 2.05) is 50.2 Å². The van der Waals surface area contributed by atoms with Gasteiger partial charge in [-0.15, -0.1) is 0 Å². The standard InChI is InChI=1S/C27H22N6O2/c1-15-24(16(2)35-33-15)17-12-19(25-21(13-17)31-26(32-25)18-14-20(18)28-3)27(34,22-8-4-6-10-29-22)23-9-5-7-11-30-23/h4-13,18,20,34H,14H2,1-2H3,(H,31,32). The molecule has 0 radical (unpaired) electrons. The molecule has 0 amide bonds. The van der Waals surface area contributed by atoms with Gasteiger partial charge in [0.25, 0.3) is 0 Å². The molecule has 35 heavy (non-hydrogen) atoms. The lowest BCUT2D eigenvalue weighted by Gasteiger charge is -2.28. The third kappa shape index (κ3) is 3.32. The summed E-state index contributed by atoms with van der Waals surface area (Å²) in [5, 5.41) is 16.6. The van der Waals surface area contributed by atoms with Crippen molar-refractivity contribution in [2.75, 3.05) is 0 Å². The molecule has 8 heteroatoms. The number of nitrogens with zero attached hydrogens (tertiary/aromatic N) is 5. The summed E-state index contributed by atoms with van der Waals surface area (Å²) in [7, 11) is 0. The van der Waals surface area contributed by atoms with E-state index >= 15 is 0 Å². The zero-order chi connectivity index (χ0) is 24.2. The molecule has 0 spiro atoms. The van der Waals surface area contributed by atoms with Gasteiger partial charge in [0.2, 0.25) is 6.04 Å². The Morgan fingerprint density at radius 3 is 2.34 bits per heavy atom. The maximum atomic E-state index is 12.5. The van der Waals surface area contributed by atoms with E-state index in [0.717, 1.165) is 34.6 Å².